The molecule has 2 amide bonds. The van der Waals surface area contributed by atoms with Crippen molar-refractivity contribution in [3.8, 4) is 0 Å². The number of hydrogen-bond donors (Lipinski definition) is 1. The number of nitrogens with zero attached hydrogens (tertiary/aromatic N) is 1. The number of amides is 2. The van der Waals surface area contributed by atoms with Crippen LogP contribution in [-0.2, 0) is 9.53 Å². The van der Waals surface area contributed by atoms with Crippen LogP contribution in [0.15, 0.2) is 0 Å². The Kier molecular flexibility index (Phi) is 8.29. The quantitative estimate of drug-likeness (QED) is 0.719. The maximum absolute atomic E-state index is 11.2. The summed E-state index contributed by atoms with van der Waals surface area (Å²) in [7, 11) is 0. The fourth-order valence-corrected chi connectivity index (χ4v) is 1.25. The highest BCUT2D eigenvalue weighted by Crippen LogP contribution is 1.95. The zero-order chi connectivity index (χ0) is 12.4. The van der Waals surface area contributed by atoms with E-state index in [1.54, 1.807) is 18.7 Å². The molecule has 94 valence electrons. The van der Waals surface area contributed by atoms with Gasteiger partial charge in [0.15, 0.2) is 0 Å². The van der Waals surface area contributed by atoms with Crippen LogP contribution in [-0.4, -0.2) is 43.1 Å². The molecule has 0 aromatic carbocycles. The molecule has 0 aromatic rings. The van der Waals surface area contributed by atoms with Crippen molar-refractivity contribution in [1.29, 1.82) is 0 Å². The Labute approximate surface area is 97.1 Å². The molecule has 0 atom stereocenters. The van der Waals surface area contributed by atoms with Crippen molar-refractivity contribution in [3.63, 3.8) is 0 Å². The Balaban J connectivity index is 3.75. The zero-order valence-electron chi connectivity index (χ0n) is 10.4. The van der Waals surface area contributed by atoms with Gasteiger partial charge in [-0.3, -0.25) is 4.79 Å². The van der Waals surface area contributed by atoms with Crippen LogP contribution in [0.25, 0.3) is 0 Å². The number of carbonyl (C=O) groups excluding carboxylic acids is 2. The van der Waals surface area contributed by atoms with Crippen LogP contribution in [0.5, 0.6) is 0 Å². The van der Waals surface area contributed by atoms with Gasteiger partial charge >= 0.3 is 6.09 Å². The first-order valence-corrected chi connectivity index (χ1v) is 5.77. The van der Waals surface area contributed by atoms with E-state index in [0.29, 0.717) is 19.7 Å². The van der Waals surface area contributed by atoms with Gasteiger partial charge in [0.25, 0.3) is 0 Å². The summed E-state index contributed by atoms with van der Waals surface area (Å²) in [5, 5.41) is 2.59. The third-order valence-electron chi connectivity index (χ3n) is 2.15. The summed E-state index contributed by atoms with van der Waals surface area (Å²) < 4.78 is 4.71. The largest absolute Gasteiger partial charge is 0.450 e. The second kappa shape index (κ2) is 9.00. The molecule has 0 saturated carbocycles. The molecule has 5 nitrogen and oxygen atoms in total. The number of alkyl carbamates (subject to hydrolysis) is 1. The maximum atomic E-state index is 11.2. The van der Waals surface area contributed by atoms with Crippen LogP contribution in [0.1, 0.15) is 33.6 Å². The van der Waals surface area contributed by atoms with Crippen molar-refractivity contribution in [1.82, 2.24) is 10.2 Å². The zero-order valence-corrected chi connectivity index (χ0v) is 10.4. The van der Waals surface area contributed by atoms with Crippen molar-refractivity contribution in [3.05, 3.63) is 0 Å². The van der Waals surface area contributed by atoms with E-state index >= 15 is 0 Å². The van der Waals surface area contributed by atoms with Crippen LogP contribution in [0.2, 0.25) is 0 Å². The highest BCUT2D eigenvalue weighted by Gasteiger charge is 2.08. The van der Waals surface area contributed by atoms with E-state index in [2.05, 4.69) is 12.2 Å². The lowest BCUT2D eigenvalue weighted by atomic mass is 10.3. The molecule has 5 heteroatoms. The molecular weight excluding hydrogens is 208 g/mol. The summed E-state index contributed by atoms with van der Waals surface area (Å²) in [6.45, 7) is 7.45. The van der Waals surface area contributed by atoms with Gasteiger partial charge in [0.2, 0.25) is 5.91 Å². The molecule has 0 heterocycles. The van der Waals surface area contributed by atoms with Crippen LogP contribution >= 0.6 is 0 Å². The normalized spacial score (nSPS) is 9.69. The third-order valence-corrected chi connectivity index (χ3v) is 2.15. The van der Waals surface area contributed by atoms with Gasteiger partial charge in [0.1, 0.15) is 0 Å². The van der Waals surface area contributed by atoms with E-state index in [1.165, 1.54) is 0 Å². The molecule has 0 aliphatic rings. The van der Waals surface area contributed by atoms with E-state index in [0.717, 1.165) is 19.4 Å². The van der Waals surface area contributed by atoms with Crippen molar-refractivity contribution < 1.29 is 14.3 Å². The molecule has 0 unspecified atom stereocenters. The van der Waals surface area contributed by atoms with Crippen molar-refractivity contribution >= 4 is 12.0 Å². The van der Waals surface area contributed by atoms with Gasteiger partial charge in [-0.1, -0.05) is 13.3 Å². The average Bonchev–Trinajstić information content (AvgIpc) is 2.23. The molecular formula is C11H22N2O3. The molecule has 0 saturated heterocycles. The molecule has 0 bridgehead atoms. The van der Waals surface area contributed by atoms with E-state index in [1.807, 2.05) is 0 Å². The van der Waals surface area contributed by atoms with Gasteiger partial charge in [0.05, 0.1) is 6.61 Å². The lowest BCUT2D eigenvalue weighted by Crippen LogP contribution is -2.38. The topological polar surface area (TPSA) is 58.6 Å². The van der Waals surface area contributed by atoms with Crippen molar-refractivity contribution in [2.24, 2.45) is 0 Å². The van der Waals surface area contributed by atoms with E-state index < -0.39 is 6.09 Å². The van der Waals surface area contributed by atoms with Crippen LogP contribution in [0.3, 0.4) is 0 Å². The second-order valence-electron chi connectivity index (χ2n) is 3.51. The number of hydrogen-bond acceptors (Lipinski definition) is 3. The monoisotopic (exact) mass is 230 g/mol. The van der Waals surface area contributed by atoms with Crippen molar-refractivity contribution in [2.45, 2.75) is 33.6 Å². The Bertz CT molecular complexity index is 219. The fraction of sp³-hybridized carbons (Fsp3) is 0.818. The molecule has 0 spiro atoms. The minimum atomic E-state index is -0.429. The van der Waals surface area contributed by atoms with Gasteiger partial charge in [-0.05, 0) is 13.3 Å². The summed E-state index contributed by atoms with van der Waals surface area (Å²) >= 11 is 0. The minimum absolute atomic E-state index is 0.0408. The Hall–Kier alpha value is -1.26. The smallest absolute Gasteiger partial charge is 0.407 e. The van der Waals surface area contributed by atoms with Gasteiger partial charge in [-0.25, -0.2) is 4.79 Å². The van der Waals surface area contributed by atoms with E-state index in [-0.39, 0.29) is 5.91 Å². The summed E-state index contributed by atoms with van der Waals surface area (Å²) in [5.41, 5.74) is 0. The Morgan fingerprint density at radius 2 is 1.94 bits per heavy atom. The molecule has 0 aromatic heterocycles. The highest BCUT2D eigenvalue weighted by molar-refractivity contribution is 5.73. The van der Waals surface area contributed by atoms with Gasteiger partial charge in [-0.15, -0.1) is 0 Å². The highest BCUT2D eigenvalue weighted by atomic mass is 16.5. The van der Waals surface area contributed by atoms with Crippen molar-refractivity contribution in [2.75, 3.05) is 26.2 Å². The van der Waals surface area contributed by atoms with E-state index in [9.17, 15) is 9.59 Å². The molecule has 0 aliphatic heterocycles. The SMILES string of the molecule is CCCCN(CCNC(=O)OCC)C(C)=O. The number of nitrogens with one attached hydrogen (secondary N) is 1. The lowest BCUT2D eigenvalue weighted by Gasteiger charge is -2.20. The third kappa shape index (κ3) is 7.09. The first-order chi connectivity index (χ1) is 7.61. The van der Waals surface area contributed by atoms with Gasteiger partial charge in [0, 0.05) is 26.6 Å². The Morgan fingerprint density at radius 1 is 1.25 bits per heavy atom. The number of carbonyl (C=O) groups is 2. The molecule has 0 aliphatic carbocycles. The van der Waals surface area contributed by atoms with Gasteiger partial charge < -0.3 is 15.0 Å². The van der Waals surface area contributed by atoms with Crippen LogP contribution in [0.4, 0.5) is 4.79 Å². The molecule has 0 rings (SSSR count). The van der Waals surface area contributed by atoms with Crippen LogP contribution < -0.4 is 5.32 Å². The summed E-state index contributed by atoms with van der Waals surface area (Å²) in [5.74, 6) is 0.0408. The Morgan fingerprint density at radius 3 is 2.44 bits per heavy atom. The predicted molar refractivity (Wildman–Crippen MR) is 62.2 cm³/mol. The molecule has 16 heavy (non-hydrogen) atoms. The van der Waals surface area contributed by atoms with Crippen LogP contribution in [0, 0.1) is 0 Å². The molecule has 0 radical (unpaired) electrons. The maximum Gasteiger partial charge on any atom is 0.407 e. The lowest BCUT2D eigenvalue weighted by molar-refractivity contribution is -0.128. The standard InChI is InChI=1S/C11H22N2O3/c1-4-6-8-13(10(3)14)9-7-12-11(15)16-5-2/h4-9H2,1-3H3,(H,12,15). The summed E-state index contributed by atoms with van der Waals surface area (Å²) in [4.78, 5) is 23.9. The second-order valence-corrected chi connectivity index (χ2v) is 3.51. The van der Waals surface area contributed by atoms with E-state index in [4.69, 9.17) is 4.74 Å². The van der Waals surface area contributed by atoms with Gasteiger partial charge in [-0.2, -0.15) is 0 Å². The molecule has 1 N–H and O–H groups in total. The molecule has 0 fully saturated rings. The first-order valence-electron chi connectivity index (χ1n) is 5.77. The average molecular weight is 230 g/mol. The number of rotatable bonds is 7. The summed E-state index contributed by atoms with van der Waals surface area (Å²) in [6.07, 6.45) is 1.61. The summed E-state index contributed by atoms with van der Waals surface area (Å²) in [6, 6.07) is 0. The minimum Gasteiger partial charge on any atom is -0.450 e. The number of ether oxygens (including phenoxy) is 1. The fourth-order valence-electron chi connectivity index (χ4n) is 1.25. The first kappa shape index (κ1) is 14.7. The predicted octanol–water partition coefficient (Wildman–Crippen LogP) is 1.38. The number of unbranched alkanes of at least 4 members (excludes halogenated alkanes) is 1.